The fourth-order valence-electron chi connectivity index (χ4n) is 1.94. The van der Waals surface area contributed by atoms with E-state index in [0.29, 0.717) is 16.9 Å². The van der Waals surface area contributed by atoms with Crippen LogP contribution in [-0.2, 0) is 9.59 Å². The topological polar surface area (TPSA) is 101 Å². The molecule has 122 valence electrons. The molecule has 2 amide bonds. The van der Waals surface area contributed by atoms with Gasteiger partial charge in [0, 0.05) is 36.5 Å². The molecule has 2 aromatic rings. The quantitative estimate of drug-likeness (QED) is 0.500. The highest BCUT2D eigenvalue weighted by atomic mass is 16.6. The van der Waals surface area contributed by atoms with Crippen molar-refractivity contribution in [3.8, 4) is 0 Å². The predicted molar refractivity (Wildman–Crippen MR) is 91.5 cm³/mol. The molecule has 2 aromatic carbocycles. The van der Waals surface area contributed by atoms with Gasteiger partial charge in [0.1, 0.15) is 0 Å². The van der Waals surface area contributed by atoms with Gasteiger partial charge in [-0.15, -0.1) is 0 Å². The van der Waals surface area contributed by atoms with Crippen molar-refractivity contribution >= 4 is 35.0 Å². The number of anilines is 2. The van der Waals surface area contributed by atoms with Crippen LogP contribution in [-0.4, -0.2) is 16.7 Å². The molecule has 0 saturated heterocycles. The lowest BCUT2D eigenvalue weighted by Crippen LogP contribution is -2.08. The first-order chi connectivity index (χ1) is 11.4. The Balaban J connectivity index is 1.98. The van der Waals surface area contributed by atoms with Crippen molar-refractivity contribution in [2.45, 2.75) is 6.92 Å². The summed E-state index contributed by atoms with van der Waals surface area (Å²) < 4.78 is 0. The van der Waals surface area contributed by atoms with Crippen LogP contribution in [0.3, 0.4) is 0 Å². The average molecular weight is 325 g/mol. The summed E-state index contributed by atoms with van der Waals surface area (Å²) in [5.74, 6) is -0.541. The number of rotatable bonds is 5. The summed E-state index contributed by atoms with van der Waals surface area (Å²) in [6.45, 7) is 1.41. The van der Waals surface area contributed by atoms with Crippen LogP contribution in [0.15, 0.2) is 54.6 Å². The highest BCUT2D eigenvalue weighted by Gasteiger charge is 2.04. The second kappa shape index (κ2) is 7.68. The van der Waals surface area contributed by atoms with Crippen LogP contribution in [0, 0.1) is 10.1 Å². The zero-order valence-electron chi connectivity index (χ0n) is 12.9. The number of nitrogens with zero attached hydrogens (tertiary/aromatic N) is 1. The Labute approximate surface area is 138 Å². The first-order valence-corrected chi connectivity index (χ1v) is 7.05. The molecule has 0 aromatic heterocycles. The molecule has 0 aliphatic heterocycles. The Hall–Kier alpha value is -3.48. The number of benzene rings is 2. The van der Waals surface area contributed by atoms with E-state index in [2.05, 4.69) is 10.6 Å². The molecule has 2 N–H and O–H groups in total. The van der Waals surface area contributed by atoms with E-state index in [4.69, 9.17) is 0 Å². The molecule has 7 nitrogen and oxygen atoms in total. The molecule has 0 radical (unpaired) electrons. The van der Waals surface area contributed by atoms with E-state index in [1.807, 2.05) is 0 Å². The maximum Gasteiger partial charge on any atom is 0.270 e. The second-order valence-corrected chi connectivity index (χ2v) is 4.93. The maximum absolute atomic E-state index is 11.9. The summed E-state index contributed by atoms with van der Waals surface area (Å²) in [7, 11) is 0. The van der Waals surface area contributed by atoms with Gasteiger partial charge in [-0.25, -0.2) is 0 Å². The van der Waals surface area contributed by atoms with Gasteiger partial charge in [-0.2, -0.15) is 0 Å². The van der Waals surface area contributed by atoms with Crippen molar-refractivity contribution in [3.05, 3.63) is 70.3 Å². The molecular formula is C17H15N3O4. The van der Waals surface area contributed by atoms with Gasteiger partial charge in [0.25, 0.3) is 5.69 Å². The molecule has 0 spiro atoms. The molecule has 0 aliphatic rings. The molecule has 0 atom stereocenters. The summed E-state index contributed by atoms with van der Waals surface area (Å²) in [6.07, 6.45) is 2.79. The minimum absolute atomic E-state index is 0.0360. The van der Waals surface area contributed by atoms with E-state index in [-0.39, 0.29) is 17.5 Å². The summed E-state index contributed by atoms with van der Waals surface area (Å²) >= 11 is 0. The van der Waals surface area contributed by atoms with Gasteiger partial charge in [0.15, 0.2) is 0 Å². The van der Waals surface area contributed by atoms with Crippen molar-refractivity contribution in [1.29, 1.82) is 0 Å². The maximum atomic E-state index is 11.9. The van der Waals surface area contributed by atoms with Crippen molar-refractivity contribution < 1.29 is 14.5 Å². The van der Waals surface area contributed by atoms with Gasteiger partial charge in [-0.3, -0.25) is 19.7 Å². The molecule has 0 saturated carbocycles. The highest BCUT2D eigenvalue weighted by Crippen LogP contribution is 2.15. The molecule has 0 aliphatic carbocycles. The minimum atomic E-state index is -0.492. The van der Waals surface area contributed by atoms with Crippen LogP contribution < -0.4 is 10.6 Å². The van der Waals surface area contributed by atoms with Crippen LogP contribution in [0.25, 0.3) is 6.08 Å². The van der Waals surface area contributed by atoms with Gasteiger partial charge >= 0.3 is 0 Å². The number of hydrogen-bond acceptors (Lipinski definition) is 4. The fraction of sp³-hybridized carbons (Fsp3) is 0.0588. The first kappa shape index (κ1) is 16.9. The van der Waals surface area contributed by atoms with Crippen molar-refractivity contribution in [3.63, 3.8) is 0 Å². The number of non-ortho nitro benzene ring substituents is 1. The molecule has 0 fully saturated rings. The summed E-state index contributed by atoms with van der Waals surface area (Å²) in [5.41, 5.74) is 1.72. The number of carbonyl (C=O) groups is 2. The number of carbonyl (C=O) groups excluding carboxylic acids is 2. The normalized spacial score (nSPS) is 10.4. The molecular weight excluding hydrogens is 310 g/mol. The molecule has 0 unspecified atom stereocenters. The Morgan fingerprint density at radius 1 is 1.04 bits per heavy atom. The second-order valence-electron chi connectivity index (χ2n) is 4.93. The highest BCUT2D eigenvalue weighted by molar-refractivity contribution is 6.02. The number of nitro groups is 1. The van der Waals surface area contributed by atoms with Crippen LogP contribution in [0.2, 0.25) is 0 Å². The van der Waals surface area contributed by atoms with E-state index in [9.17, 15) is 19.7 Å². The first-order valence-electron chi connectivity index (χ1n) is 7.05. The molecule has 0 bridgehead atoms. The van der Waals surface area contributed by atoms with Crippen LogP contribution >= 0.6 is 0 Å². The Morgan fingerprint density at radius 2 is 1.67 bits per heavy atom. The lowest BCUT2D eigenvalue weighted by atomic mass is 10.2. The smallest absolute Gasteiger partial charge is 0.270 e. The largest absolute Gasteiger partial charge is 0.326 e. The predicted octanol–water partition coefficient (Wildman–Crippen LogP) is 3.21. The SMILES string of the molecule is CC(=O)Nc1ccc(NC(=O)/C=C/c2cccc([N+](=O)[O-])c2)cc1. The molecule has 24 heavy (non-hydrogen) atoms. The number of nitro benzene ring substituents is 1. The van der Waals surface area contributed by atoms with Gasteiger partial charge in [-0.05, 0) is 35.9 Å². The third kappa shape index (κ3) is 5.06. The standard InChI is InChI=1S/C17H15N3O4/c1-12(21)18-14-6-8-15(9-7-14)19-17(22)10-5-13-3-2-4-16(11-13)20(23)24/h2-11H,1H3,(H,18,21)(H,19,22)/b10-5+. The number of amides is 2. The van der Waals surface area contributed by atoms with E-state index in [1.165, 1.54) is 31.2 Å². The Bertz CT molecular complexity index is 798. The summed E-state index contributed by atoms with van der Waals surface area (Å²) in [4.78, 5) is 33.0. The van der Waals surface area contributed by atoms with Crippen molar-refractivity contribution in [1.82, 2.24) is 0 Å². The van der Waals surface area contributed by atoms with Gasteiger partial charge in [-0.1, -0.05) is 12.1 Å². The van der Waals surface area contributed by atoms with Crippen molar-refractivity contribution in [2.75, 3.05) is 10.6 Å². The van der Waals surface area contributed by atoms with Crippen molar-refractivity contribution in [2.24, 2.45) is 0 Å². The van der Waals surface area contributed by atoms with Crippen LogP contribution in [0.5, 0.6) is 0 Å². The Kier molecular flexibility index (Phi) is 5.40. The third-order valence-corrected chi connectivity index (χ3v) is 2.98. The lowest BCUT2D eigenvalue weighted by Gasteiger charge is -2.05. The summed E-state index contributed by atoms with van der Waals surface area (Å²) in [6, 6.07) is 12.6. The number of nitrogens with one attached hydrogen (secondary N) is 2. The Morgan fingerprint density at radius 3 is 2.25 bits per heavy atom. The zero-order chi connectivity index (χ0) is 17.5. The minimum Gasteiger partial charge on any atom is -0.326 e. The van der Waals surface area contributed by atoms with Gasteiger partial charge in [0.05, 0.1) is 4.92 Å². The van der Waals surface area contributed by atoms with Gasteiger partial charge in [0.2, 0.25) is 11.8 Å². The average Bonchev–Trinajstić information content (AvgIpc) is 2.54. The third-order valence-electron chi connectivity index (χ3n) is 2.98. The molecule has 7 heteroatoms. The summed E-state index contributed by atoms with van der Waals surface area (Å²) in [5, 5.41) is 16.0. The number of hydrogen-bond donors (Lipinski definition) is 2. The van der Waals surface area contributed by atoms with E-state index >= 15 is 0 Å². The van der Waals surface area contributed by atoms with Crippen LogP contribution in [0.1, 0.15) is 12.5 Å². The van der Waals surface area contributed by atoms with E-state index in [0.717, 1.165) is 0 Å². The lowest BCUT2D eigenvalue weighted by molar-refractivity contribution is -0.384. The molecule has 0 heterocycles. The molecule has 2 rings (SSSR count). The van der Waals surface area contributed by atoms with Crippen LogP contribution in [0.4, 0.5) is 17.1 Å². The fourth-order valence-corrected chi connectivity index (χ4v) is 1.94. The monoisotopic (exact) mass is 325 g/mol. The zero-order valence-corrected chi connectivity index (χ0v) is 12.9. The van der Waals surface area contributed by atoms with Gasteiger partial charge < -0.3 is 10.6 Å². The van der Waals surface area contributed by atoms with E-state index in [1.54, 1.807) is 36.4 Å². The van der Waals surface area contributed by atoms with E-state index < -0.39 is 4.92 Å².